The van der Waals surface area contributed by atoms with Gasteiger partial charge in [-0.1, -0.05) is 11.6 Å². The molecular formula is C9H8ClF2NO2S. The van der Waals surface area contributed by atoms with Crippen LogP contribution in [0.3, 0.4) is 0 Å². The van der Waals surface area contributed by atoms with Gasteiger partial charge in [-0.15, -0.1) is 0 Å². The normalized spacial score (nSPS) is 20.4. The SMILES string of the molecule is O=S(O)c1ccc(N2CC(F)(F)C2)cc1Cl. The van der Waals surface area contributed by atoms with Crippen LogP contribution in [0.2, 0.25) is 5.02 Å². The number of anilines is 1. The van der Waals surface area contributed by atoms with E-state index in [1.807, 2.05) is 0 Å². The molecule has 0 spiro atoms. The minimum Gasteiger partial charge on any atom is -0.359 e. The molecular weight excluding hydrogens is 260 g/mol. The summed E-state index contributed by atoms with van der Waals surface area (Å²) in [4.78, 5) is 1.54. The zero-order valence-electron chi connectivity index (χ0n) is 7.99. The maximum Gasteiger partial charge on any atom is 0.282 e. The zero-order valence-corrected chi connectivity index (χ0v) is 9.56. The van der Waals surface area contributed by atoms with E-state index in [-0.39, 0.29) is 23.0 Å². The van der Waals surface area contributed by atoms with Crippen molar-refractivity contribution in [3.05, 3.63) is 23.2 Å². The second-order valence-electron chi connectivity index (χ2n) is 3.58. The van der Waals surface area contributed by atoms with Gasteiger partial charge in [0.25, 0.3) is 5.92 Å². The average molecular weight is 268 g/mol. The summed E-state index contributed by atoms with van der Waals surface area (Å²) in [5.41, 5.74) is 0.533. The molecule has 3 nitrogen and oxygen atoms in total. The smallest absolute Gasteiger partial charge is 0.282 e. The van der Waals surface area contributed by atoms with E-state index in [1.165, 1.54) is 23.1 Å². The molecule has 0 bridgehead atoms. The van der Waals surface area contributed by atoms with Crippen LogP contribution in [-0.4, -0.2) is 27.8 Å². The van der Waals surface area contributed by atoms with Gasteiger partial charge in [-0.05, 0) is 18.2 Å². The Hall–Kier alpha value is -0.720. The molecule has 1 aromatic rings. The fourth-order valence-electron chi connectivity index (χ4n) is 1.52. The van der Waals surface area contributed by atoms with Crippen LogP contribution in [0.1, 0.15) is 0 Å². The van der Waals surface area contributed by atoms with Crippen molar-refractivity contribution in [3.63, 3.8) is 0 Å². The lowest BCUT2D eigenvalue weighted by molar-refractivity contribution is -0.0262. The van der Waals surface area contributed by atoms with Gasteiger partial charge in [-0.25, -0.2) is 13.0 Å². The standard InChI is InChI=1S/C9H8ClF2NO2S/c10-7-3-6(1-2-8(7)16(14)15)13-4-9(11,12)5-13/h1-3H,4-5H2,(H,14,15). The van der Waals surface area contributed by atoms with Crippen LogP contribution in [0, 0.1) is 0 Å². The lowest BCUT2D eigenvalue weighted by atomic mass is 10.1. The molecule has 0 aromatic heterocycles. The molecule has 1 aromatic carbocycles. The Bertz CT molecular complexity index is 447. The van der Waals surface area contributed by atoms with Crippen LogP contribution < -0.4 is 4.90 Å². The molecule has 7 heteroatoms. The van der Waals surface area contributed by atoms with E-state index in [0.717, 1.165) is 0 Å². The number of nitrogens with zero attached hydrogens (tertiary/aromatic N) is 1. The summed E-state index contributed by atoms with van der Waals surface area (Å²) in [7, 11) is 0. The molecule has 1 aliphatic rings. The Morgan fingerprint density at radius 3 is 2.50 bits per heavy atom. The van der Waals surface area contributed by atoms with Crippen molar-refractivity contribution in [2.75, 3.05) is 18.0 Å². The van der Waals surface area contributed by atoms with Gasteiger partial charge in [0.05, 0.1) is 23.0 Å². The van der Waals surface area contributed by atoms with Crippen molar-refractivity contribution in [2.45, 2.75) is 10.8 Å². The third-order valence-electron chi connectivity index (χ3n) is 2.31. The first kappa shape index (κ1) is 11.8. The van der Waals surface area contributed by atoms with E-state index < -0.39 is 17.0 Å². The van der Waals surface area contributed by atoms with Gasteiger partial charge < -0.3 is 9.45 Å². The summed E-state index contributed by atoms with van der Waals surface area (Å²) < 4.78 is 44.9. The van der Waals surface area contributed by atoms with E-state index in [4.69, 9.17) is 16.2 Å². The molecule has 2 rings (SSSR count). The van der Waals surface area contributed by atoms with Crippen LogP contribution in [0.4, 0.5) is 14.5 Å². The van der Waals surface area contributed by atoms with Gasteiger partial charge in [-0.2, -0.15) is 0 Å². The van der Waals surface area contributed by atoms with Gasteiger partial charge in [0.15, 0.2) is 11.1 Å². The molecule has 0 radical (unpaired) electrons. The van der Waals surface area contributed by atoms with E-state index >= 15 is 0 Å². The van der Waals surface area contributed by atoms with Crippen LogP contribution in [-0.2, 0) is 11.1 Å². The lowest BCUT2D eigenvalue weighted by Crippen LogP contribution is -2.56. The lowest BCUT2D eigenvalue weighted by Gasteiger charge is -2.40. The number of halogens is 3. The number of benzene rings is 1. The molecule has 0 aliphatic carbocycles. The van der Waals surface area contributed by atoms with Gasteiger partial charge >= 0.3 is 0 Å². The third kappa shape index (κ3) is 2.18. The van der Waals surface area contributed by atoms with Crippen LogP contribution in [0.15, 0.2) is 23.1 Å². The summed E-state index contributed by atoms with van der Waals surface area (Å²) in [6.45, 7) is -0.685. The predicted octanol–water partition coefficient (Wildman–Crippen LogP) is 2.38. The second kappa shape index (κ2) is 3.94. The van der Waals surface area contributed by atoms with Crippen molar-refractivity contribution in [1.29, 1.82) is 0 Å². The maximum absolute atomic E-state index is 12.6. The highest BCUT2D eigenvalue weighted by molar-refractivity contribution is 7.79. The minimum atomic E-state index is -2.65. The van der Waals surface area contributed by atoms with Crippen molar-refractivity contribution in [1.82, 2.24) is 0 Å². The van der Waals surface area contributed by atoms with Crippen molar-refractivity contribution >= 4 is 28.4 Å². The molecule has 1 atom stereocenters. The Labute approximate surface area is 98.3 Å². The number of hydrogen-bond donors (Lipinski definition) is 1. The molecule has 16 heavy (non-hydrogen) atoms. The largest absolute Gasteiger partial charge is 0.359 e. The molecule has 1 unspecified atom stereocenters. The maximum atomic E-state index is 12.6. The van der Waals surface area contributed by atoms with Crippen molar-refractivity contribution < 1.29 is 17.5 Å². The molecule has 88 valence electrons. The molecule has 0 amide bonds. The first-order valence-corrected chi connectivity index (χ1v) is 5.91. The van der Waals surface area contributed by atoms with Crippen LogP contribution in [0.5, 0.6) is 0 Å². The number of alkyl halides is 2. The van der Waals surface area contributed by atoms with E-state index in [0.29, 0.717) is 5.69 Å². The number of hydrogen-bond acceptors (Lipinski definition) is 2. The Kier molecular flexibility index (Phi) is 2.90. The first-order valence-electron chi connectivity index (χ1n) is 4.42. The van der Waals surface area contributed by atoms with Gasteiger partial charge in [0.1, 0.15) is 0 Å². The van der Waals surface area contributed by atoms with Crippen LogP contribution >= 0.6 is 11.6 Å². The monoisotopic (exact) mass is 267 g/mol. The Balaban J connectivity index is 2.20. The van der Waals surface area contributed by atoms with E-state index in [9.17, 15) is 13.0 Å². The topological polar surface area (TPSA) is 40.5 Å². The summed E-state index contributed by atoms with van der Waals surface area (Å²) >= 11 is 3.59. The van der Waals surface area contributed by atoms with Gasteiger partial charge in [-0.3, -0.25) is 0 Å². The van der Waals surface area contributed by atoms with Crippen LogP contribution in [0.25, 0.3) is 0 Å². The molecule has 1 fully saturated rings. The predicted molar refractivity (Wildman–Crippen MR) is 57.6 cm³/mol. The minimum absolute atomic E-state index is 0.0812. The third-order valence-corrected chi connectivity index (χ3v) is 3.47. The summed E-state index contributed by atoms with van der Waals surface area (Å²) in [5.74, 6) is -2.65. The average Bonchev–Trinajstić information content (AvgIpc) is 2.13. The molecule has 1 aliphatic heterocycles. The number of rotatable bonds is 2. The second-order valence-corrected chi connectivity index (χ2v) is 4.92. The summed E-state index contributed by atoms with van der Waals surface area (Å²) in [6.07, 6.45) is 0. The molecule has 1 N–H and O–H groups in total. The van der Waals surface area contributed by atoms with Crippen molar-refractivity contribution in [3.8, 4) is 0 Å². The van der Waals surface area contributed by atoms with E-state index in [2.05, 4.69) is 0 Å². The molecule has 0 saturated carbocycles. The quantitative estimate of drug-likeness (QED) is 0.837. The zero-order chi connectivity index (χ0) is 11.9. The highest BCUT2D eigenvalue weighted by atomic mass is 35.5. The summed E-state index contributed by atoms with van der Waals surface area (Å²) in [6, 6.07) is 4.29. The molecule has 1 heterocycles. The fraction of sp³-hybridized carbons (Fsp3) is 0.333. The summed E-state index contributed by atoms with van der Waals surface area (Å²) in [5, 5.41) is 0.105. The van der Waals surface area contributed by atoms with Gasteiger partial charge in [0, 0.05) is 5.69 Å². The first-order chi connectivity index (χ1) is 7.39. The Morgan fingerprint density at radius 1 is 1.44 bits per heavy atom. The van der Waals surface area contributed by atoms with E-state index in [1.54, 1.807) is 0 Å². The van der Waals surface area contributed by atoms with Gasteiger partial charge in [0.2, 0.25) is 0 Å². The van der Waals surface area contributed by atoms with Crippen molar-refractivity contribution in [2.24, 2.45) is 0 Å². The molecule has 1 saturated heterocycles. The highest BCUT2D eigenvalue weighted by Crippen LogP contribution is 2.34. The fourth-order valence-corrected chi connectivity index (χ4v) is 2.31. The Morgan fingerprint density at radius 2 is 2.06 bits per heavy atom. The highest BCUT2D eigenvalue weighted by Gasteiger charge is 2.43.